The third kappa shape index (κ3) is 8.72. The number of aryl methyl sites for hydroxylation is 1. The Kier molecular flexibility index (Phi) is 9.37. The number of nitrogens with zero attached hydrogens (tertiary/aromatic N) is 1. The summed E-state index contributed by atoms with van der Waals surface area (Å²) >= 11 is 12.0. The van der Waals surface area contributed by atoms with E-state index in [9.17, 15) is 22.8 Å². The van der Waals surface area contributed by atoms with E-state index in [0.717, 1.165) is 29.8 Å². The van der Waals surface area contributed by atoms with Crippen LogP contribution in [0.5, 0.6) is 23.0 Å². The van der Waals surface area contributed by atoms with Gasteiger partial charge < -0.3 is 25.3 Å². The average molecular weight is 652 g/mol. The number of thiol groups is 3. The van der Waals surface area contributed by atoms with Crippen LogP contribution in [0, 0.1) is 12.7 Å². The van der Waals surface area contributed by atoms with Gasteiger partial charge in [-0.25, -0.2) is 4.39 Å². The van der Waals surface area contributed by atoms with Gasteiger partial charge in [0.05, 0.1) is 0 Å². The highest BCUT2D eigenvalue weighted by molar-refractivity contribution is 8.16. The van der Waals surface area contributed by atoms with Crippen molar-refractivity contribution in [2.75, 3.05) is 5.32 Å². The number of hydrogen-bond donors (Lipinski definition) is 5. The Morgan fingerprint density at radius 1 is 0.860 bits per heavy atom. The van der Waals surface area contributed by atoms with Crippen LogP contribution >= 0.6 is 37.9 Å². The fourth-order valence-electron chi connectivity index (χ4n) is 3.75. The number of carbonyl (C=O) groups is 2. The number of anilines is 1. The first-order chi connectivity index (χ1) is 20.1. The molecule has 4 aromatic rings. The van der Waals surface area contributed by atoms with Crippen molar-refractivity contribution < 1.29 is 41.4 Å². The number of carbonyl (C=O) groups excluding carboxylic acids is 2. The van der Waals surface area contributed by atoms with Crippen molar-refractivity contribution in [1.82, 2.24) is 4.98 Å². The SMILES string of the molecule is Cc1ccc(-c2cc(F)c(C(=O)Nc3ccnc(C(N)=O)c3)c(Oc3ccc(OC(F)(F)F)cc3OC(S)(S)S)c2)cc1. The van der Waals surface area contributed by atoms with Gasteiger partial charge in [-0.1, -0.05) is 29.8 Å². The molecule has 0 atom stereocenters. The first-order valence-electron chi connectivity index (χ1n) is 12.0. The number of halogens is 4. The van der Waals surface area contributed by atoms with E-state index in [2.05, 4.69) is 52.9 Å². The normalized spacial score (nSPS) is 11.5. The van der Waals surface area contributed by atoms with Crippen LogP contribution in [0.1, 0.15) is 26.4 Å². The Morgan fingerprint density at radius 3 is 2.19 bits per heavy atom. The smallest absolute Gasteiger partial charge is 0.455 e. The standard InChI is InChI=1S/C28H21F4N3O5S3/c1-14-2-4-15(5-3-14)16-10-19(29)24(26(37)35-17-8-9-34-20(12-17)25(33)36)23(11-16)38-21-7-6-18(39-27(30,31)32)13-22(21)40-28(41,42)43/h2-13,41-43H,1H3,(H2,33,36)(H,34,35,37). The zero-order valence-electron chi connectivity index (χ0n) is 21.8. The summed E-state index contributed by atoms with van der Waals surface area (Å²) in [7, 11) is 0. The molecule has 15 heteroatoms. The zero-order chi connectivity index (χ0) is 31.5. The summed E-state index contributed by atoms with van der Waals surface area (Å²) in [6, 6.07) is 14.9. The Bertz CT molecular complexity index is 1680. The lowest BCUT2D eigenvalue weighted by Gasteiger charge is -2.22. The second kappa shape index (κ2) is 12.7. The fourth-order valence-corrected chi connectivity index (χ4v) is 4.04. The molecule has 0 spiro atoms. The minimum absolute atomic E-state index is 0.0736. The molecule has 0 bridgehead atoms. The number of nitrogens with two attached hydrogens (primary N) is 1. The summed E-state index contributed by atoms with van der Waals surface area (Å²) in [5.41, 5.74) is 6.43. The van der Waals surface area contributed by atoms with Crippen molar-refractivity contribution >= 4 is 55.4 Å². The minimum atomic E-state index is -5.02. The van der Waals surface area contributed by atoms with Gasteiger partial charge in [-0.15, -0.1) is 51.1 Å². The molecule has 0 aliphatic carbocycles. The number of hydrogen-bond acceptors (Lipinski definition) is 9. The summed E-state index contributed by atoms with van der Waals surface area (Å²) in [5, 5.41) is 2.46. The molecule has 0 radical (unpaired) electrons. The average Bonchev–Trinajstić information content (AvgIpc) is 2.88. The Balaban J connectivity index is 1.82. The van der Waals surface area contributed by atoms with Crippen LogP contribution < -0.4 is 25.3 Å². The number of ether oxygens (including phenoxy) is 3. The van der Waals surface area contributed by atoms with E-state index in [-0.39, 0.29) is 28.6 Å². The topological polar surface area (TPSA) is 113 Å². The molecule has 224 valence electrons. The summed E-state index contributed by atoms with van der Waals surface area (Å²) in [6.07, 6.45) is -3.80. The highest BCUT2D eigenvalue weighted by Gasteiger charge is 2.32. The third-order valence-electron chi connectivity index (χ3n) is 5.55. The van der Waals surface area contributed by atoms with E-state index in [0.29, 0.717) is 11.1 Å². The number of benzene rings is 3. The molecule has 1 aromatic heterocycles. The van der Waals surface area contributed by atoms with Crippen molar-refractivity contribution in [3.05, 3.63) is 95.6 Å². The van der Waals surface area contributed by atoms with Crippen molar-refractivity contribution in [2.24, 2.45) is 5.73 Å². The van der Waals surface area contributed by atoms with Gasteiger partial charge in [0.1, 0.15) is 28.6 Å². The van der Waals surface area contributed by atoms with E-state index >= 15 is 4.39 Å². The van der Waals surface area contributed by atoms with E-state index < -0.39 is 38.9 Å². The highest BCUT2D eigenvalue weighted by Crippen LogP contribution is 2.42. The van der Waals surface area contributed by atoms with Crippen molar-refractivity contribution in [3.8, 4) is 34.1 Å². The van der Waals surface area contributed by atoms with Crippen molar-refractivity contribution in [1.29, 1.82) is 0 Å². The van der Waals surface area contributed by atoms with Crippen LogP contribution in [0.15, 0.2) is 72.9 Å². The van der Waals surface area contributed by atoms with E-state index in [4.69, 9.17) is 15.2 Å². The van der Waals surface area contributed by atoms with E-state index in [1.807, 2.05) is 6.92 Å². The lowest BCUT2D eigenvalue weighted by Crippen LogP contribution is -2.18. The lowest BCUT2D eigenvalue weighted by molar-refractivity contribution is -0.274. The molecular weight excluding hydrogens is 631 g/mol. The zero-order valence-corrected chi connectivity index (χ0v) is 24.5. The quantitative estimate of drug-likeness (QED) is 0.0756. The first kappa shape index (κ1) is 31.8. The Labute approximate surface area is 258 Å². The maximum absolute atomic E-state index is 15.7. The van der Waals surface area contributed by atoms with Gasteiger partial charge in [-0.3, -0.25) is 14.6 Å². The second-order valence-electron chi connectivity index (χ2n) is 8.88. The number of aromatic nitrogens is 1. The molecule has 0 saturated carbocycles. The number of pyridine rings is 1. The summed E-state index contributed by atoms with van der Waals surface area (Å²) in [6.45, 7) is 1.87. The largest absolute Gasteiger partial charge is 0.573 e. The van der Waals surface area contributed by atoms with Gasteiger partial charge >= 0.3 is 6.36 Å². The summed E-state index contributed by atoms with van der Waals surface area (Å²) < 4.78 is 67.8. The Hall–Kier alpha value is -4.08. The number of rotatable bonds is 9. The molecule has 0 unspecified atom stereocenters. The van der Waals surface area contributed by atoms with E-state index in [1.165, 1.54) is 24.4 Å². The molecule has 1 heterocycles. The monoisotopic (exact) mass is 651 g/mol. The molecule has 0 aliphatic heterocycles. The van der Waals surface area contributed by atoms with Crippen molar-refractivity contribution in [2.45, 2.75) is 16.9 Å². The van der Waals surface area contributed by atoms with Crippen LogP contribution in [0.3, 0.4) is 0 Å². The van der Waals surface area contributed by atoms with Gasteiger partial charge in [0.25, 0.3) is 11.8 Å². The highest BCUT2D eigenvalue weighted by atomic mass is 32.2. The van der Waals surface area contributed by atoms with Gasteiger partial charge in [0, 0.05) is 18.0 Å². The molecule has 3 N–H and O–H groups in total. The van der Waals surface area contributed by atoms with Gasteiger partial charge in [-0.05, 0) is 54.4 Å². The summed E-state index contributed by atoms with van der Waals surface area (Å²) in [4.78, 5) is 28.7. The molecule has 0 saturated heterocycles. The number of alkyl halides is 3. The van der Waals surface area contributed by atoms with Crippen LogP contribution in [0.2, 0.25) is 0 Å². The predicted octanol–water partition coefficient (Wildman–Crippen LogP) is 7.02. The molecule has 0 aliphatic rings. The van der Waals surface area contributed by atoms with Crippen molar-refractivity contribution in [3.63, 3.8) is 0 Å². The second-order valence-corrected chi connectivity index (χ2v) is 11.8. The van der Waals surface area contributed by atoms with Crippen LogP contribution in [-0.2, 0) is 0 Å². The maximum Gasteiger partial charge on any atom is 0.573 e. The molecular formula is C28H21F4N3O5S3. The number of primary amides is 1. The number of amides is 2. The molecule has 3 aromatic carbocycles. The summed E-state index contributed by atoms with van der Waals surface area (Å²) in [5.74, 6) is -4.49. The van der Waals surface area contributed by atoms with E-state index in [1.54, 1.807) is 24.3 Å². The minimum Gasteiger partial charge on any atom is -0.455 e. The van der Waals surface area contributed by atoms with Gasteiger partial charge in [0.15, 0.2) is 11.5 Å². The van der Waals surface area contributed by atoms with Crippen LogP contribution in [-0.4, -0.2) is 26.8 Å². The predicted molar refractivity (Wildman–Crippen MR) is 161 cm³/mol. The molecule has 43 heavy (non-hydrogen) atoms. The fraction of sp³-hybridized carbons (Fsp3) is 0.107. The van der Waals surface area contributed by atoms with Gasteiger partial charge in [-0.2, -0.15) is 0 Å². The maximum atomic E-state index is 15.7. The van der Waals surface area contributed by atoms with Crippen LogP contribution in [0.4, 0.5) is 23.2 Å². The Morgan fingerprint density at radius 2 is 1.56 bits per heavy atom. The number of nitrogens with one attached hydrogen (secondary N) is 1. The third-order valence-corrected chi connectivity index (χ3v) is 5.83. The van der Waals surface area contributed by atoms with Crippen LogP contribution in [0.25, 0.3) is 11.1 Å². The lowest BCUT2D eigenvalue weighted by atomic mass is 10.0. The molecule has 2 amide bonds. The first-order valence-corrected chi connectivity index (χ1v) is 13.3. The molecule has 8 nitrogen and oxygen atoms in total. The molecule has 0 fully saturated rings. The molecule has 4 rings (SSSR count). The van der Waals surface area contributed by atoms with Gasteiger partial charge in [0.2, 0.25) is 3.60 Å².